The number of nitrogens with zero attached hydrogens (tertiary/aromatic N) is 2. The maximum atomic E-state index is 12.7. The third-order valence-corrected chi connectivity index (χ3v) is 5.88. The van der Waals surface area contributed by atoms with E-state index in [4.69, 9.17) is 4.52 Å². The Morgan fingerprint density at radius 2 is 2.12 bits per heavy atom. The number of Topliss-reactive ketones (excluding diaryl/α,β-unsaturated/α-hetero) is 1. The summed E-state index contributed by atoms with van der Waals surface area (Å²) in [4.78, 5) is 17.2. The highest BCUT2D eigenvalue weighted by atomic mass is 16.5. The zero-order valence-electron chi connectivity index (χ0n) is 14.2. The van der Waals surface area contributed by atoms with Crippen molar-refractivity contribution in [3.8, 4) is 11.1 Å². The summed E-state index contributed by atoms with van der Waals surface area (Å²) >= 11 is 0. The van der Waals surface area contributed by atoms with E-state index >= 15 is 0 Å². The molecule has 5 rings (SSSR count). The van der Waals surface area contributed by atoms with Crippen molar-refractivity contribution in [1.29, 1.82) is 0 Å². The average Bonchev–Trinajstić information content (AvgIpc) is 3.04. The molecule has 25 heavy (non-hydrogen) atoms. The van der Waals surface area contributed by atoms with Crippen LogP contribution >= 0.6 is 0 Å². The van der Waals surface area contributed by atoms with Gasteiger partial charge in [-0.2, -0.15) is 0 Å². The summed E-state index contributed by atoms with van der Waals surface area (Å²) in [7, 11) is 0. The average molecular weight is 337 g/mol. The SMILES string of the molecule is Cc1noc(C)c1-c1ccc2c(c1)C1(O)C(=NC13CCCCC3=O)N2. The largest absolute Gasteiger partial charge is 0.374 e. The fourth-order valence-electron chi connectivity index (χ4n) is 4.61. The normalized spacial score (nSPS) is 29.7. The maximum absolute atomic E-state index is 12.7. The Morgan fingerprint density at radius 1 is 1.28 bits per heavy atom. The lowest BCUT2D eigenvalue weighted by Gasteiger charge is -2.50. The summed E-state index contributed by atoms with van der Waals surface area (Å²) in [5, 5.41) is 18.7. The predicted molar refractivity (Wildman–Crippen MR) is 92.6 cm³/mol. The van der Waals surface area contributed by atoms with Gasteiger partial charge in [0.25, 0.3) is 0 Å². The van der Waals surface area contributed by atoms with Gasteiger partial charge in [-0.25, -0.2) is 0 Å². The van der Waals surface area contributed by atoms with E-state index in [0.717, 1.165) is 46.7 Å². The molecule has 3 heterocycles. The number of aliphatic hydroxyl groups is 1. The van der Waals surface area contributed by atoms with Gasteiger partial charge in [-0.05, 0) is 50.8 Å². The van der Waals surface area contributed by atoms with Crippen LogP contribution in [0.5, 0.6) is 0 Å². The fourth-order valence-corrected chi connectivity index (χ4v) is 4.61. The molecule has 6 nitrogen and oxygen atoms in total. The van der Waals surface area contributed by atoms with Crippen molar-refractivity contribution >= 4 is 17.3 Å². The van der Waals surface area contributed by atoms with Gasteiger partial charge in [0.05, 0.1) is 5.69 Å². The highest BCUT2D eigenvalue weighted by Crippen LogP contribution is 2.56. The third kappa shape index (κ3) is 1.60. The van der Waals surface area contributed by atoms with Crippen molar-refractivity contribution < 1.29 is 14.4 Å². The number of fused-ring (bicyclic) bond motifs is 4. The zero-order chi connectivity index (χ0) is 17.4. The van der Waals surface area contributed by atoms with E-state index in [1.54, 1.807) is 0 Å². The van der Waals surface area contributed by atoms with Crippen molar-refractivity contribution in [2.75, 3.05) is 5.32 Å². The summed E-state index contributed by atoms with van der Waals surface area (Å²) in [6, 6.07) is 5.85. The molecule has 2 aliphatic heterocycles. The van der Waals surface area contributed by atoms with Crippen LogP contribution in [-0.2, 0) is 10.4 Å². The van der Waals surface area contributed by atoms with Gasteiger partial charge < -0.3 is 14.9 Å². The molecule has 0 bridgehead atoms. The predicted octanol–water partition coefficient (Wildman–Crippen LogP) is 2.87. The lowest BCUT2D eigenvalue weighted by Crippen LogP contribution is -2.67. The van der Waals surface area contributed by atoms with Crippen molar-refractivity contribution in [3.05, 3.63) is 35.2 Å². The first-order chi connectivity index (χ1) is 12.0. The topological polar surface area (TPSA) is 87.7 Å². The molecule has 6 heteroatoms. The van der Waals surface area contributed by atoms with Crippen LogP contribution < -0.4 is 5.32 Å². The van der Waals surface area contributed by atoms with Crippen LogP contribution in [0.25, 0.3) is 11.1 Å². The molecule has 0 amide bonds. The summed E-state index contributed by atoms with van der Waals surface area (Å²) in [6.07, 6.45) is 2.87. The van der Waals surface area contributed by atoms with Crippen LogP contribution in [-0.4, -0.2) is 27.4 Å². The van der Waals surface area contributed by atoms with E-state index in [2.05, 4.69) is 15.5 Å². The molecule has 128 valence electrons. The van der Waals surface area contributed by atoms with E-state index in [1.165, 1.54) is 0 Å². The summed E-state index contributed by atoms with van der Waals surface area (Å²) in [5.41, 5.74) is 1.85. The van der Waals surface area contributed by atoms with Crippen LogP contribution in [0, 0.1) is 13.8 Å². The molecule has 1 aliphatic carbocycles. The van der Waals surface area contributed by atoms with Crippen LogP contribution in [0.15, 0.2) is 27.7 Å². The molecule has 2 atom stereocenters. The van der Waals surface area contributed by atoms with Gasteiger partial charge in [0.15, 0.2) is 16.9 Å². The van der Waals surface area contributed by atoms with Crippen LogP contribution in [0.4, 0.5) is 5.69 Å². The molecule has 0 radical (unpaired) electrons. The standard InChI is InChI=1S/C19H19N3O3/c1-10-16(11(2)25-22-10)12-6-7-14-13(9-12)19(24)17(20-14)21-18(19)8-4-3-5-15(18)23/h6-7,9,24H,3-5,8H2,1-2H3,(H,20,21). The van der Waals surface area contributed by atoms with E-state index in [-0.39, 0.29) is 5.78 Å². The second-order valence-electron chi connectivity index (χ2n) is 7.25. The van der Waals surface area contributed by atoms with E-state index in [1.807, 2.05) is 32.0 Å². The number of amidine groups is 1. The Kier molecular flexibility index (Phi) is 2.72. The number of ketones is 1. The van der Waals surface area contributed by atoms with Crippen molar-refractivity contribution in [2.24, 2.45) is 4.99 Å². The number of carbonyl (C=O) groups is 1. The number of hydrogen-bond acceptors (Lipinski definition) is 6. The number of benzene rings is 1. The lowest BCUT2D eigenvalue weighted by atomic mass is 9.63. The summed E-state index contributed by atoms with van der Waals surface area (Å²) in [6.45, 7) is 3.77. The van der Waals surface area contributed by atoms with Crippen molar-refractivity contribution in [2.45, 2.75) is 50.7 Å². The maximum Gasteiger partial charge on any atom is 0.181 e. The first-order valence-electron chi connectivity index (χ1n) is 8.68. The first-order valence-corrected chi connectivity index (χ1v) is 8.68. The van der Waals surface area contributed by atoms with E-state index in [9.17, 15) is 9.90 Å². The Hall–Kier alpha value is -2.47. The molecule has 1 aromatic heterocycles. The van der Waals surface area contributed by atoms with Gasteiger partial charge >= 0.3 is 0 Å². The Bertz CT molecular complexity index is 941. The van der Waals surface area contributed by atoms with Gasteiger partial charge in [-0.15, -0.1) is 0 Å². The van der Waals surface area contributed by atoms with Gasteiger partial charge in [-0.1, -0.05) is 11.2 Å². The number of aliphatic imine (C=N–C) groups is 1. The molecule has 1 saturated carbocycles. The Labute approximate surface area is 144 Å². The molecular weight excluding hydrogens is 318 g/mol. The quantitative estimate of drug-likeness (QED) is 0.835. The molecular formula is C19H19N3O3. The molecule has 2 N–H and O–H groups in total. The fraction of sp³-hybridized carbons (Fsp3) is 0.421. The smallest absolute Gasteiger partial charge is 0.181 e. The van der Waals surface area contributed by atoms with Gasteiger partial charge in [0.2, 0.25) is 0 Å². The molecule has 1 spiro atoms. The first kappa shape index (κ1) is 14.8. The van der Waals surface area contributed by atoms with Crippen molar-refractivity contribution in [1.82, 2.24) is 5.16 Å². The van der Waals surface area contributed by atoms with Crippen LogP contribution in [0.3, 0.4) is 0 Å². The highest BCUT2D eigenvalue weighted by molar-refractivity contribution is 6.19. The molecule has 1 fully saturated rings. The van der Waals surface area contributed by atoms with E-state index < -0.39 is 11.1 Å². The number of aromatic nitrogens is 1. The lowest BCUT2D eigenvalue weighted by molar-refractivity contribution is -0.136. The molecule has 1 aromatic carbocycles. The number of rotatable bonds is 1. The Balaban J connectivity index is 1.68. The van der Waals surface area contributed by atoms with Crippen LogP contribution in [0.1, 0.15) is 42.7 Å². The number of nitrogens with one attached hydrogen (secondary N) is 1. The summed E-state index contributed by atoms with van der Waals surface area (Å²) in [5.74, 6) is 1.28. The number of anilines is 1. The van der Waals surface area contributed by atoms with Gasteiger partial charge in [0, 0.05) is 23.2 Å². The molecule has 3 aliphatic rings. The zero-order valence-corrected chi connectivity index (χ0v) is 14.2. The highest BCUT2D eigenvalue weighted by Gasteiger charge is 2.69. The summed E-state index contributed by atoms with van der Waals surface area (Å²) < 4.78 is 5.28. The number of carbonyl (C=O) groups excluding carboxylic acids is 1. The Morgan fingerprint density at radius 3 is 2.84 bits per heavy atom. The molecule has 2 unspecified atom stereocenters. The number of aryl methyl sites for hydroxylation is 2. The minimum atomic E-state index is -1.34. The van der Waals surface area contributed by atoms with Crippen molar-refractivity contribution in [3.63, 3.8) is 0 Å². The van der Waals surface area contributed by atoms with Gasteiger partial charge in [-0.3, -0.25) is 9.79 Å². The second kappa shape index (κ2) is 4.58. The second-order valence-corrected chi connectivity index (χ2v) is 7.25. The number of hydrogen-bond donors (Lipinski definition) is 2. The minimum Gasteiger partial charge on any atom is -0.374 e. The minimum absolute atomic E-state index is 0.0439. The molecule has 0 saturated heterocycles. The third-order valence-electron chi connectivity index (χ3n) is 5.88. The monoisotopic (exact) mass is 337 g/mol. The van der Waals surface area contributed by atoms with Crippen LogP contribution in [0.2, 0.25) is 0 Å². The van der Waals surface area contributed by atoms with Gasteiger partial charge in [0.1, 0.15) is 11.6 Å². The van der Waals surface area contributed by atoms with E-state index in [0.29, 0.717) is 18.7 Å². The molecule has 2 aromatic rings.